The Morgan fingerprint density at radius 1 is 1.50 bits per heavy atom. The SMILES string of the molecule is CC(C)(C)c1cc(C(=O)N2CCCC2CO)cc(Cl)n1. The molecule has 1 aliphatic rings. The monoisotopic (exact) mass is 296 g/mol. The molecule has 0 bridgehead atoms. The van der Waals surface area contributed by atoms with E-state index in [0.29, 0.717) is 17.3 Å². The van der Waals surface area contributed by atoms with Crippen molar-refractivity contribution in [1.29, 1.82) is 0 Å². The molecule has 2 heterocycles. The molecule has 20 heavy (non-hydrogen) atoms. The summed E-state index contributed by atoms with van der Waals surface area (Å²) in [6, 6.07) is 3.33. The van der Waals surface area contributed by atoms with Crippen molar-refractivity contribution in [2.75, 3.05) is 13.2 Å². The maximum atomic E-state index is 12.6. The predicted octanol–water partition coefficient (Wildman–Crippen LogP) is 2.63. The molecule has 0 radical (unpaired) electrons. The van der Waals surface area contributed by atoms with E-state index in [1.165, 1.54) is 0 Å². The van der Waals surface area contributed by atoms with E-state index in [1.54, 1.807) is 17.0 Å². The van der Waals surface area contributed by atoms with Gasteiger partial charge in [-0.1, -0.05) is 32.4 Å². The number of nitrogens with zero attached hydrogens (tertiary/aromatic N) is 2. The molecular weight excluding hydrogens is 276 g/mol. The first-order valence-corrected chi connectivity index (χ1v) is 7.30. The molecule has 0 aliphatic carbocycles. The fraction of sp³-hybridized carbons (Fsp3) is 0.600. The third-order valence-corrected chi connectivity index (χ3v) is 3.85. The minimum absolute atomic E-state index is 0.0106. The van der Waals surface area contributed by atoms with Gasteiger partial charge < -0.3 is 10.0 Å². The minimum Gasteiger partial charge on any atom is -0.394 e. The molecule has 4 nitrogen and oxygen atoms in total. The van der Waals surface area contributed by atoms with Gasteiger partial charge in [-0.2, -0.15) is 0 Å². The van der Waals surface area contributed by atoms with Crippen LogP contribution < -0.4 is 0 Å². The number of likely N-dealkylation sites (tertiary alicyclic amines) is 1. The van der Waals surface area contributed by atoms with E-state index < -0.39 is 0 Å². The molecule has 110 valence electrons. The average Bonchev–Trinajstić information content (AvgIpc) is 2.84. The second-order valence-electron chi connectivity index (χ2n) is 6.29. The molecule has 2 rings (SSSR count). The zero-order valence-corrected chi connectivity index (χ0v) is 12.9. The number of amides is 1. The molecule has 1 unspecified atom stereocenters. The van der Waals surface area contributed by atoms with Crippen LogP contribution in [0, 0.1) is 0 Å². The number of hydrogen-bond donors (Lipinski definition) is 1. The van der Waals surface area contributed by atoms with Crippen molar-refractivity contribution in [1.82, 2.24) is 9.88 Å². The minimum atomic E-state index is -0.165. The first-order valence-electron chi connectivity index (χ1n) is 6.93. The zero-order chi connectivity index (χ0) is 14.9. The van der Waals surface area contributed by atoms with Crippen LogP contribution in [-0.2, 0) is 5.41 Å². The molecular formula is C15H21ClN2O2. The Kier molecular flexibility index (Phi) is 4.35. The van der Waals surface area contributed by atoms with Gasteiger partial charge in [-0.15, -0.1) is 0 Å². The lowest BCUT2D eigenvalue weighted by molar-refractivity contribution is 0.0677. The Hall–Kier alpha value is -1.13. The quantitative estimate of drug-likeness (QED) is 0.854. The summed E-state index contributed by atoms with van der Waals surface area (Å²) < 4.78 is 0. The predicted molar refractivity (Wildman–Crippen MR) is 79.1 cm³/mol. The first kappa shape index (κ1) is 15.3. The van der Waals surface area contributed by atoms with Gasteiger partial charge in [0, 0.05) is 23.2 Å². The first-order chi connectivity index (χ1) is 9.32. The molecule has 5 heteroatoms. The Bertz CT molecular complexity index is 511. The number of aromatic nitrogens is 1. The highest BCUT2D eigenvalue weighted by Crippen LogP contribution is 2.26. The number of hydrogen-bond acceptors (Lipinski definition) is 3. The van der Waals surface area contributed by atoms with E-state index in [9.17, 15) is 9.90 Å². The summed E-state index contributed by atoms with van der Waals surface area (Å²) in [6.45, 7) is 6.80. The zero-order valence-electron chi connectivity index (χ0n) is 12.2. The van der Waals surface area contributed by atoms with Gasteiger partial charge in [0.25, 0.3) is 5.91 Å². The van der Waals surface area contributed by atoms with Gasteiger partial charge in [0.1, 0.15) is 5.15 Å². The van der Waals surface area contributed by atoms with Gasteiger partial charge in [0.2, 0.25) is 0 Å². The van der Waals surface area contributed by atoms with Crippen LogP contribution in [-0.4, -0.2) is 40.1 Å². The third-order valence-electron chi connectivity index (χ3n) is 3.66. The van der Waals surface area contributed by atoms with Crippen LogP contribution >= 0.6 is 11.6 Å². The van der Waals surface area contributed by atoms with Crippen LogP contribution in [0.5, 0.6) is 0 Å². The molecule has 1 aromatic heterocycles. The fourth-order valence-electron chi connectivity index (χ4n) is 2.46. The molecule has 1 aromatic rings. The van der Waals surface area contributed by atoms with Gasteiger partial charge in [0.05, 0.1) is 12.6 Å². The molecule has 1 fully saturated rings. The van der Waals surface area contributed by atoms with Crippen LogP contribution in [0.25, 0.3) is 0 Å². The van der Waals surface area contributed by atoms with Crippen molar-refractivity contribution in [2.24, 2.45) is 0 Å². The molecule has 1 N–H and O–H groups in total. The molecule has 1 saturated heterocycles. The Morgan fingerprint density at radius 2 is 2.20 bits per heavy atom. The second kappa shape index (κ2) is 5.70. The third kappa shape index (κ3) is 3.13. The summed E-state index contributed by atoms with van der Waals surface area (Å²) >= 11 is 6.05. The molecule has 1 aliphatic heterocycles. The molecule has 0 spiro atoms. The number of aliphatic hydroxyl groups is 1. The lowest BCUT2D eigenvalue weighted by atomic mass is 9.90. The Balaban J connectivity index is 2.33. The van der Waals surface area contributed by atoms with Crippen molar-refractivity contribution in [3.8, 4) is 0 Å². The van der Waals surface area contributed by atoms with E-state index in [2.05, 4.69) is 4.98 Å². The van der Waals surface area contributed by atoms with E-state index in [0.717, 1.165) is 18.5 Å². The van der Waals surface area contributed by atoms with Crippen LogP contribution in [0.15, 0.2) is 12.1 Å². The fourth-order valence-corrected chi connectivity index (χ4v) is 2.67. The highest BCUT2D eigenvalue weighted by Gasteiger charge is 2.29. The van der Waals surface area contributed by atoms with Crippen LogP contribution in [0.2, 0.25) is 5.15 Å². The Morgan fingerprint density at radius 3 is 2.80 bits per heavy atom. The lowest BCUT2D eigenvalue weighted by Gasteiger charge is -2.24. The van der Waals surface area contributed by atoms with E-state index in [1.807, 2.05) is 20.8 Å². The number of rotatable bonds is 2. The largest absolute Gasteiger partial charge is 0.394 e. The van der Waals surface area contributed by atoms with Gasteiger partial charge in [-0.05, 0) is 25.0 Å². The average molecular weight is 297 g/mol. The van der Waals surface area contributed by atoms with Crippen molar-refractivity contribution in [3.05, 3.63) is 28.5 Å². The van der Waals surface area contributed by atoms with E-state index in [4.69, 9.17) is 11.6 Å². The maximum Gasteiger partial charge on any atom is 0.254 e. The number of carbonyl (C=O) groups excluding carboxylic acids is 1. The topological polar surface area (TPSA) is 53.4 Å². The number of pyridine rings is 1. The van der Waals surface area contributed by atoms with Gasteiger partial charge in [0.15, 0.2) is 0 Å². The molecule has 0 saturated carbocycles. The van der Waals surface area contributed by atoms with Crippen molar-refractivity contribution < 1.29 is 9.90 Å². The highest BCUT2D eigenvalue weighted by molar-refractivity contribution is 6.29. The van der Waals surface area contributed by atoms with Crippen LogP contribution in [0.1, 0.15) is 49.7 Å². The summed E-state index contributed by atoms with van der Waals surface area (Å²) in [6.07, 6.45) is 1.79. The maximum absolute atomic E-state index is 12.6. The summed E-state index contributed by atoms with van der Waals surface area (Å²) in [5, 5.41) is 9.67. The van der Waals surface area contributed by atoms with Crippen LogP contribution in [0.4, 0.5) is 0 Å². The van der Waals surface area contributed by atoms with Gasteiger partial charge >= 0.3 is 0 Å². The van der Waals surface area contributed by atoms with Crippen LogP contribution in [0.3, 0.4) is 0 Å². The summed E-state index contributed by atoms with van der Waals surface area (Å²) in [7, 11) is 0. The van der Waals surface area contributed by atoms with Crippen molar-refractivity contribution in [3.63, 3.8) is 0 Å². The number of aliphatic hydroxyl groups excluding tert-OH is 1. The van der Waals surface area contributed by atoms with Crippen molar-refractivity contribution >= 4 is 17.5 Å². The smallest absolute Gasteiger partial charge is 0.254 e. The second-order valence-corrected chi connectivity index (χ2v) is 6.68. The summed E-state index contributed by atoms with van der Waals surface area (Å²) in [5.41, 5.74) is 1.18. The lowest BCUT2D eigenvalue weighted by Crippen LogP contribution is -2.37. The number of halogens is 1. The van der Waals surface area contributed by atoms with E-state index in [-0.39, 0.29) is 24.0 Å². The van der Waals surface area contributed by atoms with Gasteiger partial charge in [-0.25, -0.2) is 4.98 Å². The molecule has 0 aromatic carbocycles. The molecule has 1 atom stereocenters. The molecule has 1 amide bonds. The summed E-state index contributed by atoms with van der Waals surface area (Å²) in [4.78, 5) is 18.6. The van der Waals surface area contributed by atoms with E-state index >= 15 is 0 Å². The van der Waals surface area contributed by atoms with Gasteiger partial charge in [-0.3, -0.25) is 4.79 Å². The number of carbonyl (C=O) groups is 1. The standard InChI is InChI=1S/C15H21ClN2O2/c1-15(2,3)12-7-10(8-13(16)17-12)14(20)18-6-4-5-11(18)9-19/h7-8,11,19H,4-6,9H2,1-3H3. The Labute approximate surface area is 124 Å². The van der Waals surface area contributed by atoms with Crippen molar-refractivity contribution in [2.45, 2.75) is 45.1 Å². The summed E-state index contributed by atoms with van der Waals surface area (Å²) in [5.74, 6) is -0.0728. The highest BCUT2D eigenvalue weighted by atomic mass is 35.5. The normalized spacial score (nSPS) is 19.4.